The van der Waals surface area contributed by atoms with Crippen LogP contribution in [0.3, 0.4) is 0 Å². The van der Waals surface area contributed by atoms with Crippen LogP contribution in [0.15, 0.2) is 35.0 Å². The molecule has 0 atom stereocenters. The third-order valence-electron chi connectivity index (χ3n) is 3.28. The predicted octanol–water partition coefficient (Wildman–Crippen LogP) is 3.78. The van der Waals surface area contributed by atoms with E-state index in [1.165, 1.54) is 0 Å². The fraction of sp³-hybridized carbons (Fsp3) is 0.267. The van der Waals surface area contributed by atoms with Crippen LogP contribution in [0.1, 0.15) is 13.8 Å². The lowest BCUT2D eigenvalue weighted by Gasteiger charge is -2.17. The van der Waals surface area contributed by atoms with Gasteiger partial charge in [-0.05, 0) is 32.0 Å². The molecule has 1 aromatic carbocycles. The summed E-state index contributed by atoms with van der Waals surface area (Å²) >= 11 is 5.95. The molecule has 3 aromatic rings. The fourth-order valence-corrected chi connectivity index (χ4v) is 2.29. The lowest BCUT2D eigenvalue weighted by molar-refractivity contribution is 0.619. The van der Waals surface area contributed by atoms with Crippen LogP contribution in [0, 0.1) is 0 Å². The van der Waals surface area contributed by atoms with Crippen molar-refractivity contribution in [2.45, 2.75) is 13.8 Å². The van der Waals surface area contributed by atoms with Gasteiger partial charge in [0.2, 0.25) is 11.8 Å². The Kier molecular flexibility index (Phi) is 3.75. The average Bonchev–Trinajstić information content (AvgIpc) is 2.92. The molecule has 0 spiro atoms. The molecule has 0 saturated heterocycles. The molecule has 2 aromatic heterocycles. The maximum atomic E-state index is 5.95. The summed E-state index contributed by atoms with van der Waals surface area (Å²) in [5, 5.41) is 0.635. The highest BCUT2D eigenvalue weighted by Crippen LogP contribution is 2.25. The van der Waals surface area contributed by atoms with Gasteiger partial charge in [-0.3, -0.25) is 0 Å². The minimum Gasteiger partial charge on any atom is -0.436 e. The molecule has 3 rings (SSSR count). The highest BCUT2D eigenvalue weighted by molar-refractivity contribution is 6.31. The highest BCUT2D eigenvalue weighted by Gasteiger charge is 2.11. The number of halogens is 1. The Hall–Kier alpha value is -2.14. The zero-order chi connectivity index (χ0) is 14.8. The number of aromatic nitrogens is 3. The maximum absolute atomic E-state index is 5.95. The van der Waals surface area contributed by atoms with Crippen LogP contribution in [-0.2, 0) is 0 Å². The number of oxazole rings is 1. The molecule has 0 unspecified atom stereocenters. The van der Waals surface area contributed by atoms with Gasteiger partial charge in [0.1, 0.15) is 5.52 Å². The van der Waals surface area contributed by atoms with Crippen LogP contribution >= 0.6 is 11.6 Å². The summed E-state index contributed by atoms with van der Waals surface area (Å²) in [5.41, 5.74) is 2.17. The molecule has 2 heterocycles. The lowest BCUT2D eigenvalue weighted by atomic mass is 10.3. The number of anilines is 1. The van der Waals surface area contributed by atoms with Crippen LogP contribution in [0.25, 0.3) is 22.6 Å². The van der Waals surface area contributed by atoms with Crippen LogP contribution < -0.4 is 4.90 Å². The van der Waals surface area contributed by atoms with Crippen molar-refractivity contribution in [3.8, 4) is 11.5 Å². The second kappa shape index (κ2) is 5.69. The Morgan fingerprint density at radius 3 is 2.52 bits per heavy atom. The Bertz CT molecular complexity index is 750. The quantitative estimate of drug-likeness (QED) is 0.734. The Labute approximate surface area is 127 Å². The molecule has 0 N–H and O–H groups in total. The Morgan fingerprint density at radius 1 is 1.14 bits per heavy atom. The van der Waals surface area contributed by atoms with Crippen molar-refractivity contribution < 1.29 is 4.42 Å². The Morgan fingerprint density at radius 2 is 1.86 bits per heavy atom. The number of fused-ring (bicyclic) bond motifs is 1. The van der Waals surface area contributed by atoms with Crippen LogP contribution in [0.4, 0.5) is 5.95 Å². The summed E-state index contributed by atoms with van der Waals surface area (Å²) in [6.45, 7) is 5.89. The molecule has 108 valence electrons. The summed E-state index contributed by atoms with van der Waals surface area (Å²) in [4.78, 5) is 15.2. The normalized spacial score (nSPS) is 11.0. The molecule has 0 amide bonds. The van der Waals surface area contributed by atoms with Crippen molar-refractivity contribution in [3.63, 3.8) is 0 Å². The van der Waals surface area contributed by atoms with E-state index in [1.54, 1.807) is 30.6 Å². The van der Waals surface area contributed by atoms with Gasteiger partial charge in [0.05, 0.1) is 5.56 Å². The second-order valence-electron chi connectivity index (χ2n) is 4.58. The van der Waals surface area contributed by atoms with E-state index < -0.39 is 0 Å². The van der Waals surface area contributed by atoms with E-state index in [1.807, 2.05) is 0 Å². The topological polar surface area (TPSA) is 55.1 Å². The third-order valence-corrected chi connectivity index (χ3v) is 3.52. The molecule has 0 aliphatic carbocycles. The van der Waals surface area contributed by atoms with Crippen molar-refractivity contribution in [3.05, 3.63) is 35.6 Å². The smallest absolute Gasteiger partial charge is 0.230 e. The van der Waals surface area contributed by atoms with Crippen molar-refractivity contribution in [2.75, 3.05) is 18.0 Å². The van der Waals surface area contributed by atoms with Crippen molar-refractivity contribution in [1.29, 1.82) is 0 Å². The summed E-state index contributed by atoms with van der Waals surface area (Å²) in [5.74, 6) is 1.21. The van der Waals surface area contributed by atoms with Gasteiger partial charge in [0, 0.05) is 30.5 Å². The van der Waals surface area contributed by atoms with E-state index in [0.717, 1.165) is 24.2 Å². The van der Waals surface area contributed by atoms with Gasteiger partial charge in [0.25, 0.3) is 0 Å². The van der Waals surface area contributed by atoms with Crippen molar-refractivity contribution >= 4 is 28.6 Å². The molecule has 5 nitrogen and oxygen atoms in total. The first-order valence-corrected chi connectivity index (χ1v) is 7.22. The third kappa shape index (κ3) is 2.69. The molecular formula is C15H15ClN4O. The average molecular weight is 303 g/mol. The van der Waals surface area contributed by atoms with Crippen LogP contribution in [-0.4, -0.2) is 28.0 Å². The van der Waals surface area contributed by atoms with Gasteiger partial charge in [-0.2, -0.15) is 0 Å². The minimum atomic E-state index is 0.498. The van der Waals surface area contributed by atoms with E-state index >= 15 is 0 Å². The second-order valence-corrected chi connectivity index (χ2v) is 5.01. The number of hydrogen-bond acceptors (Lipinski definition) is 5. The molecular weight excluding hydrogens is 288 g/mol. The molecule has 0 saturated carbocycles. The lowest BCUT2D eigenvalue weighted by Crippen LogP contribution is -2.23. The highest BCUT2D eigenvalue weighted by atomic mass is 35.5. The number of benzene rings is 1. The van der Waals surface area contributed by atoms with Crippen molar-refractivity contribution in [2.24, 2.45) is 0 Å². The zero-order valence-corrected chi connectivity index (χ0v) is 12.6. The van der Waals surface area contributed by atoms with Gasteiger partial charge in [-0.15, -0.1) is 0 Å². The summed E-state index contributed by atoms with van der Waals surface area (Å²) in [7, 11) is 0. The standard InChI is InChI=1S/C15H15ClN4O/c1-3-20(4-2)15-17-8-10(9-18-15)14-19-12-7-11(16)5-6-13(12)21-14/h5-9H,3-4H2,1-2H3. The first kappa shape index (κ1) is 13.8. The summed E-state index contributed by atoms with van der Waals surface area (Å²) in [6, 6.07) is 5.35. The van der Waals surface area contributed by atoms with Gasteiger partial charge in [0.15, 0.2) is 5.58 Å². The van der Waals surface area contributed by atoms with E-state index in [-0.39, 0.29) is 0 Å². The largest absolute Gasteiger partial charge is 0.436 e. The SMILES string of the molecule is CCN(CC)c1ncc(-c2nc3cc(Cl)ccc3o2)cn1. The van der Waals surface area contributed by atoms with Gasteiger partial charge < -0.3 is 9.32 Å². The molecule has 6 heteroatoms. The molecule has 0 aliphatic rings. The van der Waals surface area contributed by atoms with Crippen LogP contribution in [0.5, 0.6) is 0 Å². The van der Waals surface area contributed by atoms with Gasteiger partial charge >= 0.3 is 0 Å². The molecule has 21 heavy (non-hydrogen) atoms. The van der Waals surface area contributed by atoms with E-state index in [2.05, 4.69) is 33.7 Å². The maximum Gasteiger partial charge on any atom is 0.230 e. The zero-order valence-electron chi connectivity index (χ0n) is 11.9. The van der Waals surface area contributed by atoms with E-state index in [9.17, 15) is 0 Å². The summed E-state index contributed by atoms with van der Waals surface area (Å²) in [6.07, 6.45) is 3.46. The molecule has 0 aliphatic heterocycles. The molecule has 0 radical (unpaired) electrons. The predicted molar refractivity (Wildman–Crippen MR) is 83.6 cm³/mol. The van der Waals surface area contributed by atoms with Gasteiger partial charge in [-0.1, -0.05) is 11.6 Å². The number of rotatable bonds is 4. The van der Waals surface area contributed by atoms with Crippen molar-refractivity contribution in [1.82, 2.24) is 15.0 Å². The van der Waals surface area contributed by atoms with Crippen LogP contribution in [0.2, 0.25) is 5.02 Å². The number of hydrogen-bond donors (Lipinski definition) is 0. The Balaban J connectivity index is 1.95. The summed E-state index contributed by atoms with van der Waals surface area (Å²) < 4.78 is 5.70. The monoisotopic (exact) mass is 302 g/mol. The minimum absolute atomic E-state index is 0.498. The first-order chi connectivity index (χ1) is 10.2. The fourth-order valence-electron chi connectivity index (χ4n) is 2.13. The first-order valence-electron chi connectivity index (χ1n) is 6.84. The number of nitrogens with zero attached hydrogens (tertiary/aromatic N) is 4. The van der Waals surface area contributed by atoms with E-state index in [4.69, 9.17) is 16.0 Å². The van der Waals surface area contributed by atoms with Gasteiger partial charge in [-0.25, -0.2) is 15.0 Å². The van der Waals surface area contributed by atoms with E-state index in [0.29, 0.717) is 22.4 Å². The molecule has 0 fully saturated rings. The molecule has 0 bridgehead atoms.